The Morgan fingerprint density at radius 3 is 2.74 bits per heavy atom. The number of para-hydroxylation sites is 1. The van der Waals surface area contributed by atoms with E-state index in [1.54, 1.807) is 19.2 Å². The zero-order valence-corrected chi connectivity index (χ0v) is 13.5. The summed E-state index contributed by atoms with van der Waals surface area (Å²) in [6.45, 7) is 2.93. The summed E-state index contributed by atoms with van der Waals surface area (Å²) in [6, 6.07) is 14.8. The van der Waals surface area contributed by atoms with Gasteiger partial charge in [0, 0.05) is 11.8 Å². The van der Waals surface area contributed by atoms with Gasteiger partial charge in [0.15, 0.2) is 0 Å². The maximum Gasteiger partial charge on any atom is 0.319 e. The van der Waals surface area contributed by atoms with Crippen LogP contribution in [0.3, 0.4) is 0 Å². The number of carbonyl (C=O) groups excluding carboxylic acids is 1. The zero-order chi connectivity index (χ0) is 16.5. The number of rotatable bonds is 7. The van der Waals surface area contributed by atoms with Crippen LogP contribution in [0, 0.1) is 0 Å². The SMILES string of the molecule is CCc1ccccc1OCCNC(=O)Nc1cccc(OC)c1. The van der Waals surface area contributed by atoms with Gasteiger partial charge >= 0.3 is 6.03 Å². The van der Waals surface area contributed by atoms with Crippen molar-refractivity contribution < 1.29 is 14.3 Å². The number of hydrogen-bond donors (Lipinski definition) is 2. The molecule has 2 aromatic carbocycles. The minimum absolute atomic E-state index is 0.273. The summed E-state index contributed by atoms with van der Waals surface area (Å²) >= 11 is 0. The number of methoxy groups -OCH3 is 1. The number of carbonyl (C=O) groups is 1. The molecule has 0 fully saturated rings. The molecular weight excluding hydrogens is 292 g/mol. The molecule has 5 heteroatoms. The lowest BCUT2D eigenvalue weighted by Gasteiger charge is -2.11. The first-order valence-electron chi connectivity index (χ1n) is 7.62. The van der Waals surface area contributed by atoms with Crippen molar-refractivity contribution in [3.05, 3.63) is 54.1 Å². The van der Waals surface area contributed by atoms with E-state index < -0.39 is 0 Å². The van der Waals surface area contributed by atoms with Gasteiger partial charge < -0.3 is 20.1 Å². The summed E-state index contributed by atoms with van der Waals surface area (Å²) in [5, 5.41) is 5.51. The van der Waals surface area contributed by atoms with E-state index in [0.717, 1.165) is 17.7 Å². The number of amides is 2. The van der Waals surface area contributed by atoms with Crippen LogP contribution in [-0.2, 0) is 6.42 Å². The first-order valence-corrected chi connectivity index (χ1v) is 7.62. The Labute approximate surface area is 136 Å². The number of anilines is 1. The van der Waals surface area contributed by atoms with Crippen molar-refractivity contribution >= 4 is 11.7 Å². The van der Waals surface area contributed by atoms with Gasteiger partial charge in [-0.05, 0) is 30.2 Å². The van der Waals surface area contributed by atoms with Crippen LogP contribution in [0.1, 0.15) is 12.5 Å². The Balaban J connectivity index is 1.74. The number of aryl methyl sites for hydroxylation is 1. The van der Waals surface area contributed by atoms with Crippen molar-refractivity contribution in [1.82, 2.24) is 5.32 Å². The average Bonchev–Trinajstić information content (AvgIpc) is 2.59. The van der Waals surface area contributed by atoms with Gasteiger partial charge in [-0.15, -0.1) is 0 Å². The van der Waals surface area contributed by atoms with Crippen molar-refractivity contribution in [1.29, 1.82) is 0 Å². The highest BCUT2D eigenvalue weighted by molar-refractivity contribution is 5.89. The van der Waals surface area contributed by atoms with Crippen LogP contribution < -0.4 is 20.1 Å². The van der Waals surface area contributed by atoms with Gasteiger partial charge in [0.2, 0.25) is 0 Å². The summed E-state index contributed by atoms with van der Waals surface area (Å²) < 4.78 is 10.8. The van der Waals surface area contributed by atoms with Gasteiger partial charge in [-0.25, -0.2) is 4.79 Å². The molecule has 0 saturated carbocycles. The standard InChI is InChI=1S/C18H22N2O3/c1-3-14-7-4-5-10-17(14)23-12-11-19-18(21)20-15-8-6-9-16(13-15)22-2/h4-10,13H,3,11-12H2,1-2H3,(H2,19,20,21). The Bertz CT molecular complexity index is 644. The summed E-state index contributed by atoms with van der Waals surface area (Å²) in [6.07, 6.45) is 0.917. The van der Waals surface area contributed by atoms with E-state index in [-0.39, 0.29) is 6.03 Å². The van der Waals surface area contributed by atoms with Crippen LogP contribution in [0.2, 0.25) is 0 Å². The summed E-state index contributed by atoms with van der Waals surface area (Å²) in [7, 11) is 1.59. The van der Waals surface area contributed by atoms with Crippen molar-refractivity contribution in [2.24, 2.45) is 0 Å². The molecule has 0 spiro atoms. The van der Waals surface area contributed by atoms with Crippen molar-refractivity contribution in [3.8, 4) is 11.5 Å². The fourth-order valence-electron chi connectivity index (χ4n) is 2.14. The molecule has 2 rings (SSSR count). The predicted octanol–water partition coefficient (Wildman–Crippen LogP) is 3.46. The van der Waals surface area contributed by atoms with Crippen molar-refractivity contribution in [2.75, 3.05) is 25.6 Å². The van der Waals surface area contributed by atoms with Crippen LogP contribution >= 0.6 is 0 Å². The molecule has 0 aliphatic heterocycles. The Morgan fingerprint density at radius 1 is 1.13 bits per heavy atom. The van der Waals surface area contributed by atoms with Crippen LogP contribution in [-0.4, -0.2) is 26.3 Å². The highest BCUT2D eigenvalue weighted by Crippen LogP contribution is 2.18. The number of urea groups is 1. The van der Waals surface area contributed by atoms with E-state index in [0.29, 0.717) is 24.6 Å². The second-order valence-corrected chi connectivity index (χ2v) is 4.92. The van der Waals surface area contributed by atoms with Gasteiger partial charge in [0.1, 0.15) is 18.1 Å². The largest absolute Gasteiger partial charge is 0.497 e. The molecule has 0 saturated heterocycles. The van der Waals surface area contributed by atoms with E-state index in [1.807, 2.05) is 36.4 Å². The van der Waals surface area contributed by atoms with Gasteiger partial charge in [0.25, 0.3) is 0 Å². The maximum absolute atomic E-state index is 11.8. The molecule has 0 aliphatic carbocycles. The fraction of sp³-hybridized carbons (Fsp3) is 0.278. The van der Waals surface area contributed by atoms with Gasteiger partial charge in [-0.1, -0.05) is 31.2 Å². The molecule has 2 amide bonds. The first-order chi connectivity index (χ1) is 11.2. The van der Waals surface area contributed by atoms with Gasteiger partial charge in [-0.2, -0.15) is 0 Å². The van der Waals surface area contributed by atoms with Crippen LogP contribution in [0.15, 0.2) is 48.5 Å². The molecule has 5 nitrogen and oxygen atoms in total. The molecule has 0 bridgehead atoms. The molecule has 0 radical (unpaired) electrons. The fourth-order valence-corrected chi connectivity index (χ4v) is 2.14. The molecule has 23 heavy (non-hydrogen) atoms. The summed E-state index contributed by atoms with van der Waals surface area (Å²) in [4.78, 5) is 11.8. The van der Waals surface area contributed by atoms with Gasteiger partial charge in [-0.3, -0.25) is 0 Å². The van der Waals surface area contributed by atoms with Gasteiger partial charge in [0.05, 0.1) is 13.7 Å². The number of benzene rings is 2. The number of ether oxygens (including phenoxy) is 2. The Morgan fingerprint density at radius 2 is 1.96 bits per heavy atom. The lowest BCUT2D eigenvalue weighted by molar-refractivity contribution is 0.247. The Kier molecular flexibility index (Phi) is 6.29. The van der Waals surface area contributed by atoms with E-state index in [1.165, 1.54) is 0 Å². The average molecular weight is 314 g/mol. The van der Waals surface area contributed by atoms with Crippen molar-refractivity contribution in [2.45, 2.75) is 13.3 Å². The van der Waals surface area contributed by atoms with Crippen LogP contribution in [0.5, 0.6) is 11.5 Å². The number of nitrogens with one attached hydrogen (secondary N) is 2. The lowest BCUT2D eigenvalue weighted by atomic mass is 10.1. The van der Waals surface area contributed by atoms with E-state index in [4.69, 9.17) is 9.47 Å². The molecule has 2 aromatic rings. The normalized spacial score (nSPS) is 10.0. The highest BCUT2D eigenvalue weighted by atomic mass is 16.5. The molecule has 0 unspecified atom stereocenters. The molecule has 0 aliphatic rings. The summed E-state index contributed by atoms with van der Waals surface area (Å²) in [5.74, 6) is 1.56. The third kappa shape index (κ3) is 5.21. The maximum atomic E-state index is 11.8. The monoisotopic (exact) mass is 314 g/mol. The topological polar surface area (TPSA) is 59.6 Å². The third-order valence-corrected chi connectivity index (χ3v) is 3.33. The molecule has 0 atom stereocenters. The minimum Gasteiger partial charge on any atom is -0.497 e. The van der Waals surface area contributed by atoms with Crippen LogP contribution in [0.4, 0.5) is 10.5 Å². The lowest BCUT2D eigenvalue weighted by Crippen LogP contribution is -2.32. The van der Waals surface area contributed by atoms with E-state index >= 15 is 0 Å². The van der Waals surface area contributed by atoms with E-state index in [2.05, 4.69) is 17.6 Å². The minimum atomic E-state index is -0.273. The van der Waals surface area contributed by atoms with Crippen LogP contribution in [0.25, 0.3) is 0 Å². The smallest absolute Gasteiger partial charge is 0.319 e. The molecule has 122 valence electrons. The highest BCUT2D eigenvalue weighted by Gasteiger charge is 2.03. The number of hydrogen-bond acceptors (Lipinski definition) is 3. The predicted molar refractivity (Wildman–Crippen MR) is 91.3 cm³/mol. The second kappa shape index (κ2) is 8.68. The summed E-state index contributed by atoms with van der Waals surface area (Å²) in [5.41, 5.74) is 1.84. The molecular formula is C18H22N2O3. The van der Waals surface area contributed by atoms with E-state index in [9.17, 15) is 4.79 Å². The Hall–Kier alpha value is -2.69. The first kappa shape index (κ1) is 16.7. The molecule has 2 N–H and O–H groups in total. The third-order valence-electron chi connectivity index (χ3n) is 3.33. The second-order valence-electron chi connectivity index (χ2n) is 4.92. The van der Waals surface area contributed by atoms with Crippen molar-refractivity contribution in [3.63, 3.8) is 0 Å². The molecule has 0 heterocycles. The zero-order valence-electron chi connectivity index (χ0n) is 13.5. The molecule has 0 aromatic heterocycles. The quantitative estimate of drug-likeness (QED) is 0.770.